The lowest BCUT2D eigenvalue weighted by Crippen LogP contribution is -2.38. The van der Waals surface area contributed by atoms with Crippen LogP contribution in [-0.2, 0) is 4.79 Å². The predicted octanol–water partition coefficient (Wildman–Crippen LogP) is 1.09. The van der Waals surface area contributed by atoms with Crippen molar-refractivity contribution in [1.82, 2.24) is 5.32 Å². The van der Waals surface area contributed by atoms with E-state index in [2.05, 4.69) is 5.32 Å². The fraction of sp³-hybridized carbons (Fsp3) is 0.250. The van der Waals surface area contributed by atoms with E-state index in [0.29, 0.717) is 0 Å². The minimum atomic E-state index is -1.16. The zero-order chi connectivity index (χ0) is 10.7. The maximum atomic E-state index is 12.9. The van der Waals surface area contributed by atoms with E-state index in [0.717, 1.165) is 17.4 Å². The monoisotopic (exact) mass is 217 g/mol. The second-order valence-corrected chi connectivity index (χ2v) is 3.55. The number of amides is 1. The van der Waals surface area contributed by atoms with E-state index >= 15 is 0 Å². The van der Waals surface area contributed by atoms with E-state index in [9.17, 15) is 14.0 Å². The molecule has 6 heteroatoms. The molecule has 76 valence electrons. The first kappa shape index (κ1) is 10.6. The first-order chi connectivity index (χ1) is 6.52. The van der Waals surface area contributed by atoms with Crippen LogP contribution in [0.3, 0.4) is 0 Å². The number of carbonyl (C=O) groups is 2. The van der Waals surface area contributed by atoms with Gasteiger partial charge in [0.15, 0.2) is 0 Å². The number of carboxylic acids is 1. The lowest BCUT2D eigenvalue weighted by Gasteiger charge is -2.07. The van der Waals surface area contributed by atoms with Gasteiger partial charge in [-0.05, 0) is 18.4 Å². The van der Waals surface area contributed by atoms with Crippen molar-refractivity contribution in [1.29, 1.82) is 0 Å². The van der Waals surface area contributed by atoms with Crippen molar-refractivity contribution in [3.05, 3.63) is 22.1 Å². The zero-order valence-corrected chi connectivity index (χ0v) is 8.10. The fourth-order valence-electron chi connectivity index (χ4n) is 0.780. The smallest absolute Gasteiger partial charge is 0.325 e. The number of carboxylic acid groups (broad SMARTS) is 1. The minimum Gasteiger partial charge on any atom is -0.480 e. The molecule has 1 aromatic heterocycles. The molecule has 0 aliphatic heterocycles. The molecule has 2 N–H and O–H groups in total. The van der Waals surface area contributed by atoms with Gasteiger partial charge < -0.3 is 10.4 Å². The Labute approximate surface area is 83.4 Å². The van der Waals surface area contributed by atoms with Gasteiger partial charge in [-0.3, -0.25) is 9.59 Å². The molecule has 0 bridgehead atoms. The summed E-state index contributed by atoms with van der Waals surface area (Å²) < 4.78 is 12.9. The van der Waals surface area contributed by atoms with Gasteiger partial charge in [-0.15, -0.1) is 11.3 Å². The van der Waals surface area contributed by atoms with Crippen LogP contribution in [0.25, 0.3) is 0 Å². The molecule has 0 saturated carbocycles. The Morgan fingerprint density at radius 1 is 1.64 bits per heavy atom. The van der Waals surface area contributed by atoms with Crippen LogP contribution >= 0.6 is 11.3 Å². The summed E-state index contributed by atoms with van der Waals surface area (Å²) in [5.74, 6) is -2.49. The molecular formula is C8H8FNO3S. The molecule has 1 atom stereocenters. The van der Waals surface area contributed by atoms with Crippen LogP contribution in [0.4, 0.5) is 4.39 Å². The average molecular weight is 217 g/mol. The molecule has 0 saturated heterocycles. The number of nitrogens with one attached hydrogen (secondary N) is 1. The Balaban J connectivity index is 2.69. The second-order valence-electron chi connectivity index (χ2n) is 2.63. The van der Waals surface area contributed by atoms with Crippen LogP contribution in [0, 0.1) is 5.82 Å². The van der Waals surface area contributed by atoms with Crippen molar-refractivity contribution in [2.24, 2.45) is 0 Å². The summed E-state index contributed by atoms with van der Waals surface area (Å²) in [5.41, 5.74) is 0. The highest BCUT2D eigenvalue weighted by Crippen LogP contribution is 2.14. The van der Waals surface area contributed by atoms with Crippen molar-refractivity contribution >= 4 is 23.2 Å². The lowest BCUT2D eigenvalue weighted by molar-refractivity contribution is -0.138. The van der Waals surface area contributed by atoms with Crippen LogP contribution in [0.1, 0.15) is 16.6 Å². The molecule has 1 unspecified atom stereocenters. The molecule has 0 spiro atoms. The maximum Gasteiger partial charge on any atom is 0.325 e. The first-order valence-corrected chi connectivity index (χ1v) is 4.67. The molecule has 1 aromatic rings. The van der Waals surface area contributed by atoms with E-state index < -0.39 is 23.7 Å². The van der Waals surface area contributed by atoms with Gasteiger partial charge in [-0.1, -0.05) is 0 Å². The Hall–Kier alpha value is -1.43. The van der Waals surface area contributed by atoms with E-state index in [1.54, 1.807) is 0 Å². The third kappa shape index (κ3) is 2.29. The van der Waals surface area contributed by atoms with Gasteiger partial charge in [0.1, 0.15) is 16.7 Å². The number of hydrogen-bond donors (Lipinski definition) is 2. The third-order valence-corrected chi connectivity index (χ3v) is 2.43. The Morgan fingerprint density at radius 3 is 2.71 bits per heavy atom. The average Bonchev–Trinajstić information content (AvgIpc) is 2.51. The second kappa shape index (κ2) is 4.19. The van der Waals surface area contributed by atoms with Crippen molar-refractivity contribution in [3.63, 3.8) is 0 Å². The van der Waals surface area contributed by atoms with Crippen molar-refractivity contribution in [3.8, 4) is 0 Å². The SMILES string of the molecule is CC(NC(=O)c1sccc1F)C(=O)O. The topological polar surface area (TPSA) is 66.4 Å². The van der Waals surface area contributed by atoms with Crippen LogP contribution in [0.15, 0.2) is 11.4 Å². The molecule has 1 heterocycles. The van der Waals surface area contributed by atoms with Gasteiger partial charge in [-0.2, -0.15) is 0 Å². The quantitative estimate of drug-likeness (QED) is 0.796. The molecular weight excluding hydrogens is 209 g/mol. The fourth-order valence-corrected chi connectivity index (χ4v) is 1.45. The molecule has 14 heavy (non-hydrogen) atoms. The summed E-state index contributed by atoms with van der Waals surface area (Å²) >= 11 is 0.931. The zero-order valence-electron chi connectivity index (χ0n) is 7.28. The van der Waals surface area contributed by atoms with Crippen molar-refractivity contribution < 1.29 is 19.1 Å². The molecule has 0 aliphatic rings. The largest absolute Gasteiger partial charge is 0.480 e. The van der Waals surface area contributed by atoms with E-state index in [4.69, 9.17) is 5.11 Å². The van der Waals surface area contributed by atoms with Crippen LogP contribution in [0.5, 0.6) is 0 Å². The van der Waals surface area contributed by atoms with Gasteiger partial charge >= 0.3 is 5.97 Å². The predicted molar refractivity (Wildman–Crippen MR) is 48.8 cm³/mol. The molecule has 0 radical (unpaired) electrons. The number of rotatable bonds is 3. The number of aliphatic carboxylic acids is 1. The number of thiophene rings is 1. The molecule has 1 amide bonds. The number of carbonyl (C=O) groups excluding carboxylic acids is 1. The van der Waals surface area contributed by atoms with E-state index in [1.165, 1.54) is 12.3 Å². The molecule has 4 nitrogen and oxygen atoms in total. The Bertz CT molecular complexity index is 363. The Kier molecular flexibility index (Phi) is 3.19. The van der Waals surface area contributed by atoms with Gasteiger partial charge in [0.05, 0.1) is 0 Å². The number of hydrogen-bond acceptors (Lipinski definition) is 3. The van der Waals surface area contributed by atoms with Crippen molar-refractivity contribution in [2.75, 3.05) is 0 Å². The van der Waals surface area contributed by atoms with Gasteiger partial charge in [0.25, 0.3) is 5.91 Å². The van der Waals surface area contributed by atoms with Gasteiger partial charge in [0, 0.05) is 0 Å². The van der Waals surface area contributed by atoms with Crippen molar-refractivity contribution in [2.45, 2.75) is 13.0 Å². The maximum absolute atomic E-state index is 12.9. The highest BCUT2D eigenvalue weighted by molar-refractivity contribution is 7.12. The lowest BCUT2D eigenvalue weighted by atomic mass is 10.3. The normalized spacial score (nSPS) is 12.1. The molecule has 0 fully saturated rings. The summed E-state index contributed by atoms with van der Waals surface area (Å²) in [5, 5.41) is 12.1. The standard InChI is InChI=1S/C8H8FNO3S/c1-4(8(12)13)10-7(11)6-5(9)2-3-14-6/h2-4H,1H3,(H,10,11)(H,12,13). The third-order valence-electron chi connectivity index (χ3n) is 1.54. The summed E-state index contributed by atoms with van der Waals surface area (Å²) in [6, 6.07) is 0.134. The van der Waals surface area contributed by atoms with Gasteiger partial charge in [0.2, 0.25) is 0 Å². The van der Waals surface area contributed by atoms with E-state index in [-0.39, 0.29) is 4.88 Å². The minimum absolute atomic E-state index is 0.0990. The summed E-state index contributed by atoms with van der Waals surface area (Å²) in [4.78, 5) is 21.5. The van der Waals surface area contributed by atoms with Crippen LogP contribution in [-0.4, -0.2) is 23.0 Å². The van der Waals surface area contributed by atoms with E-state index in [1.807, 2.05) is 0 Å². The number of halogens is 1. The summed E-state index contributed by atoms with van der Waals surface area (Å²) in [7, 11) is 0. The Morgan fingerprint density at radius 2 is 2.29 bits per heavy atom. The first-order valence-electron chi connectivity index (χ1n) is 3.79. The highest BCUT2D eigenvalue weighted by Gasteiger charge is 2.18. The highest BCUT2D eigenvalue weighted by atomic mass is 32.1. The van der Waals surface area contributed by atoms with Gasteiger partial charge in [-0.25, -0.2) is 4.39 Å². The van der Waals surface area contributed by atoms with Crippen LogP contribution in [0.2, 0.25) is 0 Å². The summed E-state index contributed by atoms with van der Waals surface area (Å²) in [6.45, 7) is 1.31. The van der Waals surface area contributed by atoms with Crippen LogP contribution < -0.4 is 5.32 Å². The molecule has 1 rings (SSSR count). The molecule has 0 aromatic carbocycles. The summed E-state index contributed by atoms with van der Waals surface area (Å²) in [6.07, 6.45) is 0. The molecule has 0 aliphatic carbocycles.